The number of pyridine rings is 1. The number of hydrogen-bond donors (Lipinski definition) is 1. The van der Waals surface area contributed by atoms with E-state index in [2.05, 4.69) is 29.6 Å². The van der Waals surface area contributed by atoms with E-state index in [-0.39, 0.29) is 10.0 Å². The zero-order valence-corrected chi connectivity index (χ0v) is 27.2. The molecule has 1 aliphatic rings. The van der Waals surface area contributed by atoms with Crippen LogP contribution in [0.15, 0.2) is 42.5 Å². The first kappa shape index (κ1) is 32.1. The molecule has 0 spiro atoms. The van der Waals surface area contributed by atoms with Crippen molar-refractivity contribution in [3.63, 3.8) is 0 Å². The second-order valence-electron chi connectivity index (χ2n) is 12.2. The van der Waals surface area contributed by atoms with Crippen molar-refractivity contribution in [1.29, 1.82) is 0 Å². The number of hydrogen-bond acceptors (Lipinski definition) is 6. The molecule has 1 saturated heterocycles. The average Bonchev–Trinajstić information content (AvgIpc) is 3.22. The minimum absolute atomic E-state index is 0.213. The molecule has 1 aromatic carbocycles. The summed E-state index contributed by atoms with van der Waals surface area (Å²) in [5.41, 5.74) is 2.10. The van der Waals surface area contributed by atoms with Gasteiger partial charge in [0.15, 0.2) is 0 Å². The number of aryl methyl sites for hydroxylation is 2. The van der Waals surface area contributed by atoms with Gasteiger partial charge in [-0.2, -0.15) is 0 Å². The molecular weight excluding hydrogens is 621 g/mol. The third-order valence-corrected chi connectivity index (χ3v) is 11.5. The number of nitrogens with zero attached hydrogens (tertiary/aromatic N) is 2. The molecule has 2 amide bonds. The number of nitrogens with one attached hydrogen (secondary N) is 1. The SMILES string of the molecule is Cc1cc(C[C@@H]2CN(C(=O)OC(C)(C)C)CI2OCCCCCc2ccccc2)nc(NC(=O)OC(C)(C)C)c1. The second kappa shape index (κ2) is 14.5. The minimum atomic E-state index is -1.99. The Kier molecular flexibility index (Phi) is 11.6. The van der Waals surface area contributed by atoms with E-state index in [4.69, 9.17) is 17.5 Å². The van der Waals surface area contributed by atoms with E-state index in [1.807, 2.05) is 71.6 Å². The fraction of sp³-hybridized carbons (Fsp3) is 0.581. The molecule has 0 unspecified atom stereocenters. The van der Waals surface area contributed by atoms with Crippen LogP contribution in [0.4, 0.5) is 15.4 Å². The van der Waals surface area contributed by atoms with E-state index in [1.165, 1.54) is 5.56 Å². The molecule has 1 N–H and O–H groups in total. The van der Waals surface area contributed by atoms with Gasteiger partial charge in [0, 0.05) is 0 Å². The van der Waals surface area contributed by atoms with Crippen LogP contribution >= 0.6 is 20.2 Å². The molecule has 1 fully saturated rings. The number of halogens is 1. The molecule has 1 aliphatic heterocycles. The molecule has 9 heteroatoms. The molecular formula is C31H46IN3O5. The Morgan fingerprint density at radius 2 is 1.70 bits per heavy atom. The molecule has 2 aromatic rings. The monoisotopic (exact) mass is 667 g/mol. The zero-order chi connectivity index (χ0) is 29.3. The van der Waals surface area contributed by atoms with Crippen LogP contribution in [0.1, 0.15) is 77.6 Å². The van der Waals surface area contributed by atoms with Gasteiger partial charge in [0.25, 0.3) is 0 Å². The van der Waals surface area contributed by atoms with Crippen LogP contribution in [0.2, 0.25) is 0 Å². The third kappa shape index (κ3) is 11.6. The first-order chi connectivity index (χ1) is 18.8. The van der Waals surface area contributed by atoms with Gasteiger partial charge >= 0.3 is 248 Å². The van der Waals surface area contributed by atoms with Crippen molar-refractivity contribution in [2.75, 3.05) is 23.0 Å². The van der Waals surface area contributed by atoms with Crippen molar-refractivity contribution in [1.82, 2.24) is 9.88 Å². The molecule has 40 heavy (non-hydrogen) atoms. The summed E-state index contributed by atoms with van der Waals surface area (Å²) in [5, 5.41) is 2.76. The predicted molar refractivity (Wildman–Crippen MR) is 168 cm³/mol. The van der Waals surface area contributed by atoms with Crippen molar-refractivity contribution < 1.29 is 22.1 Å². The zero-order valence-electron chi connectivity index (χ0n) is 25.1. The average molecular weight is 668 g/mol. The molecule has 222 valence electrons. The number of rotatable bonds is 10. The first-order valence-corrected chi connectivity index (χ1v) is 17.7. The Labute approximate surface area is 247 Å². The quantitative estimate of drug-likeness (QED) is 0.121. The number of alkyl halides is 2. The van der Waals surface area contributed by atoms with E-state index in [1.54, 1.807) is 0 Å². The number of carbonyl (C=O) groups excluding carboxylic acids is 2. The van der Waals surface area contributed by atoms with Crippen LogP contribution in [0, 0.1) is 6.92 Å². The Balaban J connectivity index is 1.61. The van der Waals surface area contributed by atoms with Crippen LogP contribution in [0.25, 0.3) is 0 Å². The van der Waals surface area contributed by atoms with Crippen molar-refractivity contribution in [3.05, 3.63) is 59.3 Å². The van der Waals surface area contributed by atoms with E-state index < -0.39 is 37.5 Å². The molecule has 0 bridgehead atoms. The Morgan fingerprint density at radius 1 is 1.00 bits per heavy atom. The van der Waals surface area contributed by atoms with E-state index in [9.17, 15) is 9.59 Å². The van der Waals surface area contributed by atoms with Crippen LogP contribution in [0.5, 0.6) is 0 Å². The van der Waals surface area contributed by atoms with Crippen molar-refractivity contribution >= 4 is 38.2 Å². The third-order valence-electron chi connectivity index (χ3n) is 5.93. The summed E-state index contributed by atoms with van der Waals surface area (Å²) in [6, 6.07) is 14.4. The van der Waals surface area contributed by atoms with Crippen LogP contribution < -0.4 is 5.32 Å². The van der Waals surface area contributed by atoms with Crippen LogP contribution in [-0.4, -0.2) is 54.9 Å². The fourth-order valence-electron chi connectivity index (χ4n) is 4.28. The molecule has 8 nitrogen and oxygen atoms in total. The molecule has 1 atom stereocenters. The van der Waals surface area contributed by atoms with Gasteiger partial charge in [-0.15, -0.1) is 0 Å². The number of carbonyl (C=O) groups is 2. The summed E-state index contributed by atoms with van der Waals surface area (Å²) in [5.74, 6) is 0.464. The maximum atomic E-state index is 12.9. The van der Waals surface area contributed by atoms with Crippen LogP contribution in [-0.2, 0) is 25.4 Å². The Hall–Kier alpha value is -2.40. The summed E-state index contributed by atoms with van der Waals surface area (Å²) in [6.45, 7) is 14.4. The number of ether oxygens (including phenoxy) is 2. The Morgan fingerprint density at radius 3 is 2.38 bits per heavy atom. The summed E-state index contributed by atoms with van der Waals surface area (Å²) >= 11 is -1.99. The standard InChI is InChI=1S/C31H46IN3O5/c1-23-18-26(33-27(19-23)34-28(36)39-30(2,3)4)20-25-21-35(29(37)40-31(5,6)7)22-32(25)38-17-13-9-12-16-24-14-10-8-11-15-24/h8,10-11,14-15,18-19,25H,9,12-13,16-17,20-22H2,1-7H3,(H,33,34,36)/t25-/m1/s1. The van der Waals surface area contributed by atoms with E-state index in [0.717, 1.165) is 36.9 Å². The molecule has 0 saturated carbocycles. The molecule has 0 aliphatic carbocycles. The molecule has 2 heterocycles. The van der Waals surface area contributed by atoms with Gasteiger partial charge in [0.1, 0.15) is 0 Å². The molecule has 0 radical (unpaired) electrons. The van der Waals surface area contributed by atoms with E-state index >= 15 is 0 Å². The first-order valence-electron chi connectivity index (χ1n) is 14.0. The van der Waals surface area contributed by atoms with Crippen molar-refractivity contribution in [3.8, 4) is 0 Å². The molecule has 3 rings (SSSR count). The summed E-state index contributed by atoms with van der Waals surface area (Å²) in [6.07, 6.45) is 4.20. The van der Waals surface area contributed by atoms with Gasteiger partial charge in [-0.25, -0.2) is 0 Å². The van der Waals surface area contributed by atoms with Gasteiger partial charge in [0.05, 0.1) is 0 Å². The number of anilines is 1. The van der Waals surface area contributed by atoms with Gasteiger partial charge in [-0.05, 0) is 0 Å². The number of benzene rings is 1. The topological polar surface area (TPSA) is 90.0 Å². The second-order valence-corrected chi connectivity index (χ2v) is 17.3. The number of amides is 2. The van der Waals surface area contributed by atoms with Crippen LogP contribution in [0.3, 0.4) is 0 Å². The normalized spacial score (nSPS) is 16.6. The predicted octanol–water partition coefficient (Wildman–Crippen LogP) is 7.71. The van der Waals surface area contributed by atoms with Crippen molar-refractivity contribution in [2.45, 2.75) is 95.7 Å². The van der Waals surface area contributed by atoms with Crippen molar-refractivity contribution in [2.24, 2.45) is 0 Å². The number of aromatic nitrogens is 1. The number of unbranched alkanes of at least 4 members (excludes halogenated alkanes) is 2. The fourth-order valence-corrected chi connectivity index (χ4v) is 9.64. The summed E-state index contributed by atoms with van der Waals surface area (Å²) in [4.78, 5) is 31.7. The summed E-state index contributed by atoms with van der Waals surface area (Å²) < 4.78 is 18.4. The molecule has 1 aromatic heterocycles. The maximum absolute atomic E-state index is 12.9. The van der Waals surface area contributed by atoms with E-state index in [0.29, 0.717) is 29.9 Å². The van der Waals surface area contributed by atoms with Gasteiger partial charge in [0.2, 0.25) is 0 Å². The van der Waals surface area contributed by atoms with Gasteiger partial charge < -0.3 is 0 Å². The van der Waals surface area contributed by atoms with Gasteiger partial charge in [-0.1, -0.05) is 0 Å². The Bertz CT molecular complexity index is 1110. The summed E-state index contributed by atoms with van der Waals surface area (Å²) in [7, 11) is 0. The van der Waals surface area contributed by atoms with Gasteiger partial charge in [-0.3, -0.25) is 0 Å².